The zero-order valence-corrected chi connectivity index (χ0v) is 5.37. The molecule has 0 unspecified atom stereocenters. The number of carbonyl (C=O) groups excluding carboxylic acids is 1. The second-order valence-corrected chi connectivity index (χ2v) is 1.53. The molecule has 1 N–H and O–H groups in total. The highest BCUT2D eigenvalue weighted by Gasteiger charge is 1.83. The smallest absolute Gasteiger partial charge is 0.181 e. The first kappa shape index (κ1) is 7.95. The van der Waals surface area contributed by atoms with Gasteiger partial charge in [0, 0.05) is 6.08 Å². The van der Waals surface area contributed by atoms with E-state index in [2.05, 4.69) is 0 Å². The summed E-state index contributed by atoms with van der Waals surface area (Å²) in [4.78, 5) is 10.5. The van der Waals surface area contributed by atoms with Crippen LogP contribution in [-0.2, 0) is 4.79 Å². The molecular weight excluding hydrogens is 116 g/mol. The molecule has 0 aromatic rings. The van der Waals surface area contributed by atoms with Crippen molar-refractivity contribution in [3.8, 4) is 0 Å². The lowest BCUT2D eigenvalue weighted by Gasteiger charge is -1.77. The van der Waals surface area contributed by atoms with Gasteiger partial charge in [-0.15, -0.1) is 0 Å². The van der Waals surface area contributed by atoms with Crippen molar-refractivity contribution >= 4 is 5.78 Å². The summed E-state index contributed by atoms with van der Waals surface area (Å²) in [6.45, 7) is 1.94. The van der Waals surface area contributed by atoms with E-state index >= 15 is 0 Å². The van der Waals surface area contributed by atoms with Crippen molar-refractivity contribution in [1.82, 2.24) is 0 Å². The number of allylic oxidation sites excluding steroid dienone is 3. The molecule has 0 aliphatic carbocycles. The van der Waals surface area contributed by atoms with Gasteiger partial charge in [0.05, 0.1) is 6.26 Å². The summed E-state index contributed by atoms with van der Waals surface area (Å²) in [6, 6.07) is 0. The zero-order valence-electron chi connectivity index (χ0n) is 5.37. The topological polar surface area (TPSA) is 37.3 Å². The van der Waals surface area contributed by atoms with Crippen molar-refractivity contribution in [2.75, 3.05) is 0 Å². The molecule has 0 aliphatic heterocycles. The maximum atomic E-state index is 10.5. The Hall–Kier alpha value is -1.05. The van der Waals surface area contributed by atoms with Crippen LogP contribution in [0.4, 0.5) is 0 Å². The summed E-state index contributed by atoms with van der Waals surface area (Å²) >= 11 is 0. The molecule has 0 saturated carbocycles. The molecule has 0 spiro atoms. The maximum Gasteiger partial charge on any atom is 0.181 e. The molecule has 0 atom stereocenters. The number of aliphatic hydroxyl groups is 1. The van der Waals surface area contributed by atoms with Gasteiger partial charge in [0.1, 0.15) is 0 Å². The summed E-state index contributed by atoms with van der Waals surface area (Å²) in [5.74, 6) is -0.181. The van der Waals surface area contributed by atoms with E-state index in [9.17, 15) is 4.79 Å². The van der Waals surface area contributed by atoms with Crippen molar-refractivity contribution in [2.24, 2.45) is 0 Å². The lowest BCUT2D eigenvalue weighted by atomic mass is 10.3. The number of rotatable bonds is 3. The number of hydrogen-bond donors (Lipinski definition) is 1. The molecule has 0 rings (SSSR count). The van der Waals surface area contributed by atoms with Crippen LogP contribution in [0.3, 0.4) is 0 Å². The summed E-state index contributed by atoms with van der Waals surface area (Å²) in [5.41, 5.74) is 0. The predicted octanol–water partition coefficient (Wildman–Crippen LogP) is 1.59. The highest BCUT2D eigenvalue weighted by atomic mass is 16.2. The van der Waals surface area contributed by atoms with Crippen LogP contribution in [0.5, 0.6) is 0 Å². The molecule has 0 aromatic carbocycles. The third-order valence-electron chi connectivity index (χ3n) is 0.757. The normalized spacial score (nSPS) is 11.2. The molecule has 0 amide bonds. The molecule has 0 saturated heterocycles. The number of aliphatic hydroxyl groups excluding tert-OH is 1. The quantitative estimate of drug-likeness (QED) is 0.460. The summed E-state index contributed by atoms with van der Waals surface area (Å²) < 4.78 is 0. The van der Waals surface area contributed by atoms with Crippen molar-refractivity contribution in [1.29, 1.82) is 0 Å². The average Bonchev–Trinajstić information content (AvgIpc) is 1.85. The number of carbonyl (C=O) groups is 1. The Balaban J connectivity index is 3.63. The van der Waals surface area contributed by atoms with Crippen LogP contribution in [0.2, 0.25) is 0 Å². The first-order valence-electron chi connectivity index (χ1n) is 2.82. The van der Waals surface area contributed by atoms with Gasteiger partial charge in [-0.3, -0.25) is 4.79 Å². The summed E-state index contributed by atoms with van der Waals surface area (Å²) in [5, 5.41) is 8.10. The van der Waals surface area contributed by atoms with Crippen molar-refractivity contribution in [3.05, 3.63) is 24.5 Å². The maximum absolute atomic E-state index is 10.5. The van der Waals surface area contributed by atoms with Crippen LogP contribution in [0, 0.1) is 0 Å². The van der Waals surface area contributed by atoms with E-state index in [0.717, 1.165) is 18.8 Å². The van der Waals surface area contributed by atoms with Crippen LogP contribution in [0.25, 0.3) is 0 Å². The Bertz CT molecular complexity index is 134. The SMILES string of the molecule is CCC=CC(=O)C=CO. The second kappa shape index (κ2) is 5.09. The van der Waals surface area contributed by atoms with E-state index in [1.165, 1.54) is 6.08 Å². The van der Waals surface area contributed by atoms with E-state index in [1.807, 2.05) is 6.92 Å². The predicted molar refractivity (Wildman–Crippen MR) is 36.2 cm³/mol. The zero-order chi connectivity index (χ0) is 7.11. The van der Waals surface area contributed by atoms with Gasteiger partial charge in [0.2, 0.25) is 0 Å². The van der Waals surface area contributed by atoms with Crippen LogP contribution >= 0.6 is 0 Å². The largest absolute Gasteiger partial charge is 0.515 e. The Morgan fingerprint density at radius 3 is 2.67 bits per heavy atom. The lowest BCUT2D eigenvalue weighted by Crippen LogP contribution is -1.83. The monoisotopic (exact) mass is 126 g/mol. The molecule has 0 aliphatic rings. The standard InChI is InChI=1S/C7H10O2/c1-2-3-4-7(9)5-6-8/h3-6,8H,2H2,1H3. The average molecular weight is 126 g/mol. The van der Waals surface area contributed by atoms with Gasteiger partial charge < -0.3 is 5.11 Å². The van der Waals surface area contributed by atoms with Gasteiger partial charge in [-0.25, -0.2) is 0 Å². The minimum Gasteiger partial charge on any atom is -0.515 e. The van der Waals surface area contributed by atoms with Crippen molar-refractivity contribution < 1.29 is 9.90 Å². The highest BCUT2D eigenvalue weighted by molar-refractivity contribution is 5.98. The fourth-order valence-corrected chi connectivity index (χ4v) is 0.363. The minimum absolute atomic E-state index is 0.181. The van der Waals surface area contributed by atoms with Gasteiger partial charge in [0.15, 0.2) is 5.78 Å². The van der Waals surface area contributed by atoms with Crippen molar-refractivity contribution in [3.63, 3.8) is 0 Å². The van der Waals surface area contributed by atoms with Crippen LogP contribution in [0.1, 0.15) is 13.3 Å². The van der Waals surface area contributed by atoms with E-state index in [0.29, 0.717) is 0 Å². The van der Waals surface area contributed by atoms with Crippen LogP contribution in [-0.4, -0.2) is 10.9 Å². The van der Waals surface area contributed by atoms with Crippen LogP contribution in [0.15, 0.2) is 24.5 Å². The first-order valence-corrected chi connectivity index (χ1v) is 2.82. The summed E-state index contributed by atoms with van der Waals surface area (Å²) in [7, 11) is 0. The molecule has 0 heterocycles. The Kier molecular flexibility index (Phi) is 4.50. The van der Waals surface area contributed by atoms with Gasteiger partial charge in [-0.2, -0.15) is 0 Å². The lowest BCUT2D eigenvalue weighted by molar-refractivity contribution is -0.110. The molecule has 0 aromatic heterocycles. The van der Waals surface area contributed by atoms with E-state index < -0.39 is 0 Å². The Morgan fingerprint density at radius 1 is 1.56 bits per heavy atom. The fraction of sp³-hybridized carbons (Fsp3) is 0.286. The number of ketones is 1. The van der Waals surface area contributed by atoms with E-state index in [1.54, 1.807) is 6.08 Å². The van der Waals surface area contributed by atoms with Gasteiger partial charge >= 0.3 is 0 Å². The second-order valence-electron chi connectivity index (χ2n) is 1.53. The molecule has 0 fully saturated rings. The Morgan fingerprint density at radius 2 is 2.22 bits per heavy atom. The molecular formula is C7H10O2. The van der Waals surface area contributed by atoms with Gasteiger partial charge in [-0.1, -0.05) is 13.0 Å². The third kappa shape index (κ3) is 4.81. The van der Waals surface area contributed by atoms with E-state index in [4.69, 9.17) is 5.11 Å². The third-order valence-corrected chi connectivity index (χ3v) is 0.757. The summed E-state index contributed by atoms with van der Waals surface area (Å²) in [6.07, 6.45) is 5.84. The molecule has 2 heteroatoms. The minimum atomic E-state index is -0.181. The fourth-order valence-electron chi connectivity index (χ4n) is 0.363. The molecule has 50 valence electrons. The van der Waals surface area contributed by atoms with Crippen LogP contribution < -0.4 is 0 Å². The first-order chi connectivity index (χ1) is 4.31. The van der Waals surface area contributed by atoms with Gasteiger partial charge in [-0.05, 0) is 12.5 Å². The molecule has 9 heavy (non-hydrogen) atoms. The molecule has 2 nitrogen and oxygen atoms in total. The van der Waals surface area contributed by atoms with Gasteiger partial charge in [0.25, 0.3) is 0 Å². The number of hydrogen-bond acceptors (Lipinski definition) is 2. The molecule has 0 radical (unpaired) electrons. The van der Waals surface area contributed by atoms with Crippen molar-refractivity contribution in [2.45, 2.75) is 13.3 Å². The molecule has 0 bridgehead atoms. The Labute approximate surface area is 54.5 Å². The highest BCUT2D eigenvalue weighted by Crippen LogP contribution is 1.82. The van der Waals surface area contributed by atoms with E-state index in [-0.39, 0.29) is 5.78 Å².